The molecule has 1 aliphatic carbocycles. The van der Waals surface area contributed by atoms with Gasteiger partial charge < -0.3 is 4.90 Å². The summed E-state index contributed by atoms with van der Waals surface area (Å²) in [7, 11) is 0. The molecule has 0 aromatic carbocycles. The number of carbonyl (C=O) groups is 1. The van der Waals surface area contributed by atoms with E-state index in [1.54, 1.807) is 11.3 Å². The number of hydrogen-bond donors (Lipinski definition) is 0. The van der Waals surface area contributed by atoms with Crippen LogP contribution in [0.2, 0.25) is 0 Å². The fourth-order valence-corrected chi connectivity index (χ4v) is 7.22. The maximum atomic E-state index is 13.4. The van der Waals surface area contributed by atoms with E-state index in [4.69, 9.17) is 0 Å². The molecular formula is C23H30N2OS2. The van der Waals surface area contributed by atoms with E-state index < -0.39 is 0 Å². The van der Waals surface area contributed by atoms with Gasteiger partial charge >= 0.3 is 0 Å². The molecule has 28 heavy (non-hydrogen) atoms. The first-order valence-corrected chi connectivity index (χ1v) is 12.7. The second-order valence-electron chi connectivity index (χ2n) is 8.82. The predicted octanol–water partition coefficient (Wildman–Crippen LogP) is 5.21. The minimum Gasteiger partial charge on any atom is -0.338 e. The van der Waals surface area contributed by atoms with E-state index in [2.05, 4.69) is 44.1 Å². The van der Waals surface area contributed by atoms with Crippen molar-refractivity contribution in [1.82, 2.24) is 9.80 Å². The van der Waals surface area contributed by atoms with Crippen LogP contribution in [0.15, 0.2) is 34.3 Å². The summed E-state index contributed by atoms with van der Waals surface area (Å²) < 4.78 is 0. The average Bonchev–Trinajstić information content (AvgIpc) is 3.49. The molecule has 3 nitrogen and oxygen atoms in total. The summed E-state index contributed by atoms with van der Waals surface area (Å²) in [6, 6.07) is 7.14. The quantitative estimate of drug-likeness (QED) is 0.686. The first-order valence-electron chi connectivity index (χ1n) is 10.9. The normalized spacial score (nSPS) is 29.1. The number of fused-ring (bicyclic) bond motifs is 1. The predicted molar refractivity (Wildman–Crippen MR) is 117 cm³/mol. The van der Waals surface area contributed by atoms with Crippen LogP contribution >= 0.6 is 22.7 Å². The van der Waals surface area contributed by atoms with E-state index in [-0.39, 0.29) is 0 Å². The minimum atomic E-state index is 0.291. The Balaban J connectivity index is 1.35. The molecule has 0 spiro atoms. The molecule has 2 saturated heterocycles. The van der Waals surface area contributed by atoms with Crippen molar-refractivity contribution in [2.45, 2.75) is 57.0 Å². The van der Waals surface area contributed by atoms with Crippen LogP contribution < -0.4 is 0 Å². The number of hydrogen-bond acceptors (Lipinski definition) is 4. The monoisotopic (exact) mass is 414 g/mol. The second kappa shape index (κ2) is 8.29. The molecule has 1 saturated carbocycles. The Morgan fingerprint density at radius 3 is 2.71 bits per heavy atom. The molecule has 5 heteroatoms. The zero-order valence-electron chi connectivity index (χ0n) is 16.5. The van der Waals surface area contributed by atoms with Crippen LogP contribution in [0, 0.1) is 11.8 Å². The van der Waals surface area contributed by atoms with Gasteiger partial charge in [0.1, 0.15) is 0 Å². The summed E-state index contributed by atoms with van der Waals surface area (Å²) in [5.41, 5.74) is 1.46. The zero-order valence-corrected chi connectivity index (χ0v) is 18.1. The highest BCUT2D eigenvalue weighted by atomic mass is 32.1. The minimum absolute atomic E-state index is 0.291. The molecule has 150 valence electrons. The van der Waals surface area contributed by atoms with Crippen molar-refractivity contribution in [3.63, 3.8) is 0 Å². The van der Waals surface area contributed by atoms with Gasteiger partial charge in [-0.1, -0.05) is 25.3 Å². The topological polar surface area (TPSA) is 23.6 Å². The summed E-state index contributed by atoms with van der Waals surface area (Å²) in [4.78, 5) is 19.8. The van der Waals surface area contributed by atoms with Crippen molar-refractivity contribution in [1.29, 1.82) is 0 Å². The van der Waals surface area contributed by atoms with Gasteiger partial charge in [0, 0.05) is 54.9 Å². The van der Waals surface area contributed by atoms with Gasteiger partial charge in [-0.2, -0.15) is 11.3 Å². The molecule has 0 unspecified atom stereocenters. The lowest BCUT2D eigenvalue weighted by molar-refractivity contribution is -0.138. The number of carbonyl (C=O) groups excluding carboxylic acids is 1. The lowest BCUT2D eigenvalue weighted by atomic mass is 9.82. The van der Waals surface area contributed by atoms with E-state index in [9.17, 15) is 4.79 Å². The largest absolute Gasteiger partial charge is 0.338 e. The number of nitrogens with zero attached hydrogens (tertiary/aromatic N) is 2. The summed E-state index contributed by atoms with van der Waals surface area (Å²) in [5.74, 6) is 1.85. The van der Waals surface area contributed by atoms with Gasteiger partial charge in [0.2, 0.25) is 5.91 Å². The Hall–Kier alpha value is -1.17. The number of rotatable bonds is 4. The Morgan fingerprint density at radius 2 is 1.96 bits per heavy atom. The van der Waals surface area contributed by atoms with Gasteiger partial charge in [-0.25, -0.2) is 0 Å². The number of thiophene rings is 2. The molecule has 2 aromatic heterocycles. The molecule has 1 amide bonds. The molecule has 3 atom stereocenters. The van der Waals surface area contributed by atoms with Gasteiger partial charge in [0.05, 0.1) is 0 Å². The number of likely N-dealkylation sites (tertiary alicyclic amines) is 2. The average molecular weight is 415 g/mol. The third-order valence-electron chi connectivity index (χ3n) is 7.18. The van der Waals surface area contributed by atoms with Gasteiger partial charge in [-0.05, 0) is 53.1 Å². The van der Waals surface area contributed by atoms with E-state index >= 15 is 0 Å². The first kappa shape index (κ1) is 18.8. The Labute approximate surface area is 176 Å². The fourth-order valence-electron chi connectivity index (χ4n) is 5.75. The van der Waals surface area contributed by atoms with Crippen LogP contribution in [0.5, 0.6) is 0 Å². The zero-order chi connectivity index (χ0) is 18.9. The van der Waals surface area contributed by atoms with Crippen molar-refractivity contribution >= 4 is 28.6 Å². The maximum Gasteiger partial charge on any atom is 0.225 e. The molecule has 2 aromatic rings. The third-order valence-corrected chi connectivity index (χ3v) is 8.75. The van der Waals surface area contributed by atoms with Gasteiger partial charge in [-0.15, -0.1) is 11.3 Å². The first-order chi connectivity index (χ1) is 13.8. The van der Waals surface area contributed by atoms with Crippen molar-refractivity contribution in [3.05, 3.63) is 44.8 Å². The third kappa shape index (κ3) is 3.69. The lowest BCUT2D eigenvalue weighted by Gasteiger charge is -2.39. The Morgan fingerprint density at radius 1 is 1.07 bits per heavy atom. The fraction of sp³-hybridized carbons (Fsp3) is 0.609. The molecule has 3 fully saturated rings. The molecule has 0 bridgehead atoms. The summed E-state index contributed by atoms with van der Waals surface area (Å²) >= 11 is 3.65. The Bertz CT molecular complexity index is 767. The van der Waals surface area contributed by atoms with Crippen LogP contribution in [0.1, 0.15) is 54.9 Å². The van der Waals surface area contributed by atoms with Crippen LogP contribution in [0.25, 0.3) is 0 Å². The standard InChI is InChI=1S/C23H30N2OS2/c26-23(17-5-2-1-3-6-17)25-15-20(18-9-12-27-16-18)21-14-24(10-8-22(21)25)13-19-7-4-11-28-19/h4,7,9,11-12,16-17,20-22H,1-3,5-6,8,10,13-15H2/t20-,21-,22-/m1/s1. The molecule has 5 rings (SSSR count). The van der Waals surface area contributed by atoms with Gasteiger partial charge in [0.15, 0.2) is 0 Å². The van der Waals surface area contributed by atoms with E-state index in [1.807, 2.05) is 11.3 Å². The van der Waals surface area contributed by atoms with Crippen LogP contribution in [-0.2, 0) is 11.3 Å². The van der Waals surface area contributed by atoms with Crippen LogP contribution in [0.3, 0.4) is 0 Å². The lowest BCUT2D eigenvalue weighted by Crippen LogP contribution is -2.49. The van der Waals surface area contributed by atoms with Crippen molar-refractivity contribution in [3.8, 4) is 0 Å². The smallest absolute Gasteiger partial charge is 0.225 e. The highest BCUT2D eigenvalue weighted by molar-refractivity contribution is 7.09. The Kier molecular flexibility index (Phi) is 5.58. The molecular weight excluding hydrogens is 384 g/mol. The number of piperidine rings is 1. The molecule has 4 heterocycles. The summed E-state index contributed by atoms with van der Waals surface area (Å²) in [6.45, 7) is 4.24. The maximum absolute atomic E-state index is 13.4. The highest BCUT2D eigenvalue weighted by Gasteiger charge is 2.48. The van der Waals surface area contributed by atoms with Crippen LogP contribution in [0.4, 0.5) is 0 Å². The molecule has 3 aliphatic rings. The van der Waals surface area contributed by atoms with E-state index in [1.165, 1.54) is 29.7 Å². The second-order valence-corrected chi connectivity index (χ2v) is 10.6. The van der Waals surface area contributed by atoms with E-state index in [0.29, 0.717) is 29.7 Å². The van der Waals surface area contributed by atoms with Gasteiger partial charge in [0.25, 0.3) is 0 Å². The summed E-state index contributed by atoms with van der Waals surface area (Å²) in [6.07, 6.45) is 7.14. The molecule has 2 aliphatic heterocycles. The molecule has 0 N–H and O–H groups in total. The number of amides is 1. The van der Waals surface area contributed by atoms with Crippen molar-refractivity contribution in [2.75, 3.05) is 19.6 Å². The van der Waals surface area contributed by atoms with Gasteiger partial charge in [-0.3, -0.25) is 9.69 Å². The van der Waals surface area contributed by atoms with Crippen LogP contribution in [-0.4, -0.2) is 41.4 Å². The van der Waals surface area contributed by atoms with Crippen molar-refractivity contribution in [2.24, 2.45) is 11.8 Å². The van der Waals surface area contributed by atoms with E-state index in [0.717, 1.165) is 45.4 Å². The molecule has 0 radical (unpaired) electrons. The summed E-state index contributed by atoms with van der Waals surface area (Å²) in [5, 5.41) is 6.69. The SMILES string of the molecule is O=C(C1CCCCC1)N1C[C@H](c2ccsc2)[C@H]2CN(Cc3cccs3)CC[C@H]21. The van der Waals surface area contributed by atoms with Crippen molar-refractivity contribution < 1.29 is 4.79 Å². The highest BCUT2D eigenvalue weighted by Crippen LogP contribution is 2.43.